The fourth-order valence-corrected chi connectivity index (χ4v) is 1.36. The van der Waals surface area contributed by atoms with E-state index in [-0.39, 0.29) is 5.91 Å². The molecule has 0 aromatic carbocycles. The number of hydrogen-bond acceptors (Lipinski definition) is 2. The smallest absolute Gasteiger partial charge is 0.241 e. The lowest BCUT2D eigenvalue weighted by molar-refractivity contribution is -0.151. The molecule has 0 unspecified atom stereocenters. The highest BCUT2D eigenvalue weighted by Gasteiger charge is 2.24. The molecule has 0 saturated carbocycles. The standard InChI is InChI=1S/C8H14N2O2/c1-2-5-9(7-11)10-6-3-4-8(10)12/h7H,2-6H2,1H3. The van der Waals surface area contributed by atoms with Crippen LogP contribution in [0, 0.1) is 0 Å². The van der Waals surface area contributed by atoms with E-state index in [1.807, 2.05) is 6.92 Å². The average molecular weight is 170 g/mol. The fraction of sp³-hybridized carbons (Fsp3) is 0.750. The molecule has 1 heterocycles. The van der Waals surface area contributed by atoms with E-state index in [2.05, 4.69) is 0 Å². The Morgan fingerprint density at radius 2 is 2.42 bits per heavy atom. The van der Waals surface area contributed by atoms with Gasteiger partial charge in [-0.2, -0.15) is 0 Å². The fourth-order valence-electron chi connectivity index (χ4n) is 1.36. The van der Waals surface area contributed by atoms with Gasteiger partial charge >= 0.3 is 0 Å². The van der Waals surface area contributed by atoms with Crippen LogP contribution in [0.4, 0.5) is 0 Å². The zero-order valence-electron chi connectivity index (χ0n) is 7.32. The van der Waals surface area contributed by atoms with Crippen LogP contribution >= 0.6 is 0 Å². The Hall–Kier alpha value is -1.06. The van der Waals surface area contributed by atoms with Crippen LogP contribution in [0.25, 0.3) is 0 Å². The number of amides is 2. The summed E-state index contributed by atoms with van der Waals surface area (Å²) in [5.74, 6) is 0.0653. The maximum Gasteiger partial charge on any atom is 0.241 e. The van der Waals surface area contributed by atoms with E-state index in [9.17, 15) is 9.59 Å². The number of carbonyl (C=O) groups is 2. The van der Waals surface area contributed by atoms with Gasteiger partial charge in [-0.3, -0.25) is 19.6 Å². The monoisotopic (exact) mass is 170 g/mol. The molecule has 1 fully saturated rings. The Labute approximate surface area is 72.1 Å². The molecule has 0 radical (unpaired) electrons. The summed E-state index contributed by atoms with van der Waals surface area (Å²) in [5.41, 5.74) is 0. The molecule has 4 heteroatoms. The number of hydrogen-bond donors (Lipinski definition) is 0. The van der Waals surface area contributed by atoms with Crippen molar-refractivity contribution < 1.29 is 9.59 Å². The van der Waals surface area contributed by atoms with Gasteiger partial charge in [-0.25, -0.2) is 0 Å². The molecule has 0 aromatic rings. The Bertz CT molecular complexity index is 182. The molecule has 2 amide bonds. The van der Waals surface area contributed by atoms with Crippen molar-refractivity contribution in [3.63, 3.8) is 0 Å². The molecular weight excluding hydrogens is 156 g/mol. The largest absolute Gasteiger partial charge is 0.277 e. The summed E-state index contributed by atoms with van der Waals surface area (Å²) >= 11 is 0. The molecule has 1 saturated heterocycles. The first-order valence-corrected chi connectivity index (χ1v) is 4.31. The molecule has 1 aliphatic heterocycles. The van der Waals surface area contributed by atoms with Gasteiger partial charge in [0.2, 0.25) is 12.3 Å². The Balaban J connectivity index is 2.52. The molecule has 1 aliphatic rings. The summed E-state index contributed by atoms with van der Waals surface area (Å²) in [7, 11) is 0. The highest BCUT2D eigenvalue weighted by Crippen LogP contribution is 2.11. The minimum absolute atomic E-state index is 0.0653. The summed E-state index contributed by atoms with van der Waals surface area (Å²) in [5, 5.41) is 3.01. The first-order valence-electron chi connectivity index (χ1n) is 4.31. The predicted octanol–water partition coefficient (Wildman–Crippen LogP) is 0.392. The zero-order chi connectivity index (χ0) is 8.97. The van der Waals surface area contributed by atoms with Crippen LogP contribution in [-0.4, -0.2) is 35.4 Å². The molecule has 1 rings (SSSR count). The van der Waals surface area contributed by atoms with Gasteiger partial charge in [-0.05, 0) is 12.8 Å². The first-order chi connectivity index (χ1) is 5.79. The first kappa shape index (κ1) is 9.03. The molecule has 0 spiro atoms. The topological polar surface area (TPSA) is 40.6 Å². The van der Waals surface area contributed by atoms with E-state index in [4.69, 9.17) is 0 Å². The summed E-state index contributed by atoms with van der Waals surface area (Å²) in [4.78, 5) is 21.7. The van der Waals surface area contributed by atoms with Crippen molar-refractivity contribution in [2.24, 2.45) is 0 Å². The number of carbonyl (C=O) groups excluding carboxylic acids is 2. The van der Waals surface area contributed by atoms with Crippen LogP contribution in [0.3, 0.4) is 0 Å². The van der Waals surface area contributed by atoms with Crippen molar-refractivity contribution in [3.05, 3.63) is 0 Å². The second kappa shape index (κ2) is 4.09. The van der Waals surface area contributed by atoms with E-state index < -0.39 is 0 Å². The van der Waals surface area contributed by atoms with Gasteiger partial charge in [0.1, 0.15) is 0 Å². The molecule has 0 bridgehead atoms. The SMILES string of the molecule is CCCN(C=O)N1CCCC1=O. The summed E-state index contributed by atoms with van der Waals surface area (Å²) in [6.45, 7) is 3.31. The van der Waals surface area contributed by atoms with Gasteiger partial charge in [-0.15, -0.1) is 0 Å². The van der Waals surface area contributed by atoms with Crippen LogP contribution in [0.15, 0.2) is 0 Å². The van der Waals surface area contributed by atoms with E-state index >= 15 is 0 Å². The van der Waals surface area contributed by atoms with Crippen molar-refractivity contribution in [1.29, 1.82) is 0 Å². The lowest BCUT2D eigenvalue weighted by Crippen LogP contribution is -2.42. The summed E-state index contributed by atoms with van der Waals surface area (Å²) in [6.07, 6.45) is 3.05. The van der Waals surface area contributed by atoms with Gasteiger partial charge in [0, 0.05) is 19.5 Å². The van der Waals surface area contributed by atoms with Crippen molar-refractivity contribution in [3.8, 4) is 0 Å². The van der Waals surface area contributed by atoms with Gasteiger partial charge in [0.15, 0.2) is 0 Å². The Morgan fingerprint density at radius 3 is 2.83 bits per heavy atom. The van der Waals surface area contributed by atoms with Crippen LogP contribution in [0.2, 0.25) is 0 Å². The van der Waals surface area contributed by atoms with E-state index in [1.165, 1.54) is 10.0 Å². The Kier molecular flexibility index (Phi) is 3.08. The normalized spacial score (nSPS) is 16.8. The van der Waals surface area contributed by atoms with E-state index in [1.54, 1.807) is 0 Å². The molecule has 0 aliphatic carbocycles. The van der Waals surface area contributed by atoms with Gasteiger partial charge < -0.3 is 0 Å². The third kappa shape index (κ3) is 1.75. The summed E-state index contributed by atoms with van der Waals surface area (Å²) < 4.78 is 0. The second-order valence-corrected chi connectivity index (χ2v) is 2.89. The molecule has 0 N–H and O–H groups in total. The lowest BCUT2D eigenvalue weighted by Gasteiger charge is -2.27. The zero-order valence-corrected chi connectivity index (χ0v) is 7.32. The molecule has 0 aromatic heterocycles. The van der Waals surface area contributed by atoms with Crippen molar-refractivity contribution >= 4 is 12.3 Å². The van der Waals surface area contributed by atoms with Crippen LogP contribution in [0.5, 0.6) is 0 Å². The quantitative estimate of drug-likeness (QED) is 0.573. The van der Waals surface area contributed by atoms with Crippen LogP contribution < -0.4 is 0 Å². The van der Waals surface area contributed by atoms with Crippen molar-refractivity contribution in [1.82, 2.24) is 10.0 Å². The second-order valence-electron chi connectivity index (χ2n) is 2.89. The average Bonchev–Trinajstić information content (AvgIpc) is 2.47. The van der Waals surface area contributed by atoms with Gasteiger partial charge in [0.25, 0.3) is 0 Å². The third-order valence-corrected chi connectivity index (χ3v) is 1.93. The lowest BCUT2D eigenvalue weighted by atomic mass is 10.4. The molecule has 0 atom stereocenters. The maximum atomic E-state index is 11.2. The third-order valence-electron chi connectivity index (χ3n) is 1.93. The number of rotatable bonds is 4. The van der Waals surface area contributed by atoms with Crippen molar-refractivity contribution in [2.45, 2.75) is 26.2 Å². The van der Waals surface area contributed by atoms with E-state index in [0.717, 1.165) is 19.3 Å². The Morgan fingerprint density at radius 1 is 1.67 bits per heavy atom. The molecule has 68 valence electrons. The van der Waals surface area contributed by atoms with Crippen LogP contribution in [0.1, 0.15) is 26.2 Å². The predicted molar refractivity (Wildman–Crippen MR) is 44.0 cm³/mol. The van der Waals surface area contributed by atoms with Gasteiger partial charge in [0.05, 0.1) is 0 Å². The number of hydrazine groups is 1. The minimum atomic E-state index is 0.0653. The van der Waals surface area contributed by atoms with E-state index in [0.29, 0.717) is 19.5 Å². The maximum absolute atomic E-state index is 11.2. The molecule has 12 heavy (non-hydrogen) atoms. The molecular formula is C8H14N2O2. The minimum Gasteiger partial charge on any atom is -0.277 e. The summed E-state index contributed by atoms with van der Waals surface area (Å²) in [6, 6.07) is 0. The number of nitrogens with zero attached hydrogens (tertiary/aromatic N) is 2. The highest BCUT2D eigenvalue weighted by molar-refractivity contribution is 5.78. The highest BCUT2D eigenvalue weighted by atomic mass is 16.2. The molecule has 4 nitrogen and oxygen atoms in total. The van der Waals surface area contributed by atoms with Gasteiger partial charge in [-0.1, -0.05) is 6.92 Å². The van der Waals surface area contributed by atoms with Crippen molar-refractivity contribution in [2.75, 3.05) is 13.1 Å². The van der Waals surface area contributed by atoms with Crippen LogP contribution in [-0.2, 0) is 9.59 Å².